The lowest BCUT2D eigenvalue weighted by molar-refractivity contribution is -0.113. The Morgan fingerprint density at radius 1 is 1.18 bits per heavy atom. The normalized spacial score (nSPS) is 11.0. The van der Waals surface area contributed by atoms with Gasteiger partial charge in [-0.15, -0.1) is 0 Å². The number of benzene rings is 2. The van der Waals surface area contributed by atoms with Crippen molar-refractivity contribution in [3.05, 3.63) is 53.6 Å². The lowest BCUT2D eigenvalue weighted by Gasteiger charge is -2.07. The number of rotatable bonds is 5. The summed E-state index contributed by atoms with van der Waals surface area (Å²) in [5.41, 5.74) is 0.447. The van der Waals surface area contributed by atoms with E-state index in [-0.39, 0.29) is 4.90 Å². The number of nitrogens with one attached hydrogen (secondary N) is 1. The Labute approximate surface area is 133 Å². The number of halogens is 1. The van der Waals surface area contributed by atoms with Crippen LogP contribution >= 0.6 is 11.6 Å². The van der Waals surface area contributed by atoms with E-state index >= 15 is 0 Å². The average Bonchev–Trinajstić information content (AvgIpc) is 2.46. The Hall–Kier alpha value is -2.05. The highest BCUT2D eigenvalue weighted by Crippen LogP contribution is 2.18. The molecule has 1 N–H and O–H groups in total. The van der Waals surface area contributed by atoms with Crippen LogP contribution in [0, 0.1) is 0 Å². The molecule has 0 fully saturated rings. The Kier molecular flexibility index (Phi) is 5.05. The number of methoxy groups -OCH3 is 1. The third-order valence-corrected chi connectivity index (χ3v) is 4.72. The van der Waals surface area contributed by atoms with Gasteiger partial charge in [-0.05, 0) is 42.5 Å². The van der Waals surface area contributed by atoms with E-state index in [1.807, 2.05) is 0 Å². The summed E-state index contributed by atoms with van der Waals surface area (Å²) < 4.78 is 29.3. The van der Waals surface area contributed by atoms with Gasteiger partial charge >= 0.3 is 0 Å². The van der Waals surface area contributed by atoms with Crippen LogP contribution in [0.5, 0.6) is 5.75 Å². The number of hydrogen-bond acceptors (Lipinski definition) is 4. The second-order valence-corrected chi connectivity index (χ2v) is 6.92. The summed E-state index contributed by atoms with van der Waals surface area (Å²) in [4.78, 5) is 11.9. The molecule has 0 aliphatic rings. The number of sulfone groups is 1. The van der Waals surface area contributed by atoms with Crippen LogP contribution in [-0.4, -0.2) is 27.2 Å². The fourth-order valence-electron chi connectivity index (χ4n) is 1.80. The number of carbonyl (C=O) groups is 1. The van der Waals surface area contributed by atoms with Gasteiger partial charge in [-0.3, -0.25) is 4.79 Å². The second-order valence-electron chi connectivity index (χ2n) is 4.49. The maximum atomic E-state index is 12.2. The van der Waals surface area contributed by atoms with Gasteiger partial charge in [0.1, 0.15) is 11.5 Å². The molecule has 2 aromatic carbocycles. The van der Waals surface area contributed by atoms with Crippen molar-refractivity contribution in [1.82, 2.24) is 0 Å². The molecule has 0 heterocycles. The zero-order valence-corrected chi connectivity index (χ0v) is 13.3. The van der Waals surface area contributed by atoms with E-state index in [2.05, 4.69) is 5.32 Å². The molecule has 1 amide bonds. The number of carbonyl (C=O) groups excluding carboxylic acids is 1. The van der Waals surface area contributed by atoms with E-state index in [1.165, 1.54) is 31.4 Å². The van der Waals surface area contributed by atoms with Gasteiger partial charge in [-0.2, -0.15) is 0 Å². The molecular formula is C15H14ClNO4S. The Morgan fingerprint density at radius 2 is 1.86 bits per heavy atom. The summed E-state index contributed by atoms with van der Waals surface area (Å²) in [5.74, 6) is -0.730. The minimum atomic E-state index is -3.72. The number of anilines is 1. The standard InChI is InChI=1S/C15H14ClNO4S/c1-21-13-5-7-14(8-6-13)22(19,20)10-15(18)17-12-4-2-3-11(16)9-12/h2-9H,10H2,1H3,(H,17,18). The molecule has 0 atom stereocenters. The molecule has 2 aromatic rings. The summed E-state index contributed by atoms with van der Waals surface area (Å²) in [5, 5.41) is 2.96. The SMILES string of the molecule is COc1ccc(S(=O)(=O)CC(=O)Nc2cccc(Cl)c2)cc1. The summed E-state index contributed by atoms with van der Waals surface area (Å²) in [6, 6.07) is 12.4. The van der Waals surface area contributed by atoms with Crippen molar-refractivity contribution in [3.63, 3.8) is 0 Å². The fraction of sp³-hybridized carbons (Fsp3) is 0.133. The molecule has 5 nitrogen and oxygen atoms in total. The second kappa shape index (κ2) is 6.81. The third-order valence-electron chi connectivity index (χ3n) is 2.85. The van der Waals surface area contributed by atoms with Crippen LogP contribution in [0.15, 0.2) is 53.4 Å². The molecule has 0 aliphatic heterocycles. The average molecular weight is 340 g/mol. The fourth-order valence-corrected chi connectivity index (χ4v) is 3.13. The topological polar surface area (TPSA) is 72.5 Å². The zero-order chi connectivity index (χ0) is 16.2. The highest BCUT2D eigenvalue weighted by atomic mass is 35.5. The van der Waals surface area contributed by atoms with Crippen LogP contribution in [-0.2, 0) is 14.6 Å². The van der Waals surface area contributed by atoms with E-state index < -0.39 is 21.5 Å². The van der Waals surface area contributed by atoms with Crippen LogP contribution in [0.2, 0.25) is 5.02 Å². The number of hydrogen-bond donors (Lipinski definition) is 1. The molecule has 0 saturated carbocycles. The Balaban J connectivity index is 2.08. The molecule has 22 heavy (non-hydrogen) atoms. The van der Waals surface area contributed by atoms with Crippen molar-refractivity contribution < 1.29 is 17.9 Å². The summed E-state index contributed by atoms with van der Waals surface area (Å²) >= 11 is 5.80. The van der Waals surface area contributed by atoms with Gasteiger partial charge in [-0.25, -0.2) is 8.42 Å². The molecule has 2 rings (SSSR count). The monoisotopic (exact) mass is 339 g/mol. The lowest BCUT2D eigenvalue weighted by atomic mass is 10.3. The van der Waals surface area contributed by atoms with E-state index in [0.717, 1.165) is 0 Å². The first-order valence-corrected chi connectivity index (χ1v) is 8.36. The first-order chi connectivity index (χ1) is 10.4. The first-order valence-electron chi connectivity index (χ1n) is 6.33. The maximum Gasteiger partial charge on any atom is 0.239 e. The Bertz CT molecular complexity index is 772. The van der Waals surface area contributed by atoms with Gasteiger partial charge in [-0.1, -0.05) is 17.7 Å². The lowest BCUT2D eigenvalue weighted by Crippen LogP contribution is -2.23. The molecule has 116 valence electrons. The van der Waals surface area contributed by atoms with Crippen LogP contribution in [0.3, 0.4) is 0 Å². The van der Waals surface area contributed by atoms with Crippen molar-refractivity contribution in [2.24, 2.45) is 0 Å². The summed E-state index contributed by atoms with van der Waals surface area (Å²) in [6.07, 6.45) is 0. The maximum absolute atomic E-state index is 12.2. The number of amides is 1. The van der Waals surface area contributed by atoms with E-state index in [9.17, 15) is 13.2 Å². The molecule has 0 aromatic heterocycles. The Morgan fingerprint density at radius 3 is 2.45 bits per heavy atom. The van der Waals surface area contributed by atoms with Gasteiger partial charge < -0.3 is 10.1 Å². The molecule has 0 saturated heterocycles. The van der Waals surface area contributed by atoms with Crippen LogP contribution < -0.4 is 10.1 Å². The van der Waals surface area contributed by atoms with Crippen molar-refractivity contribution >= 4 is 33.0 Å². The highest BCUT2D eigenvalue weighted by Gasteiger charge is 2.19. The molecule has 0 radical (unpaired) electrons. The zero-order valence-electron chi connectivity index (χ0n) is 11.7. The van der Waals surface area contributed by atoms with Gasteiger partial charge in [0.15, 0.2) is 9.84 Å². The van der Waals surface area contributed by atoms with Gasteiger partial charge in [0.05, 0.1) is 12.0 Å². The van der Waals surface area contributed by atoms with Crippen molar-refractivity contribution in [3.8, 4) is 5.75 Å². The van der Waals surface area contributed by atoms with E-state index in [4.69, 9.17) is 16.3 Å². The van der Waals surface area contributed by atoms with Crippen molar-refractivity contribution in [1.29, 1.82) is 0 Å². The van der Waals surface area contributed by atoms with E-state index in [0.29, 0.717) is 16.5 Å². The van der Waals surface area contributed by atoms with E-state index in [1.54, 1.807) is 24.3 Å². The minimum absolute atomic E-state index is 0.0644. The molecule has 0 spiro atoms. The summed E-state index contributed by atoms with van der Waals surface area (Å²) in [6.45, 7) is 0. The smallest absolute Gasteiger partial charge is 0.239 e. The molecular weight excluding hydrogens is 326 g/mol. The van der Waals surface area contributed by atoms with Gasteiger partial charge in [0.2, 0.25) is 5.91 Å². The predicted octanol–water partition coefficient (Wildman–Crippen LogP) is 2.76. The van der Waals surface area contributed by atoms with Gasteiger partial charge in [0.25, 0.3) is 0 Å². The van der Waals surface area contributed by atoms with Gasteiger partial charge in [0, 0.05) is 10.7 Å². The van der Waals surface area contributed by atoms with Crippen molar-refractivity contribution in [2.75, 3.05) is 18.2 Å². The van der Waals surface area contributed by atoms with Crippen LogP contribution in [0.1, 0.15) is 0 Å². The van der Waals surface area contributed by atoms with Crippen LogP contribution in [0.25, 0.3) is 0 Å². The quantitative estimate of drug-likeness (QED) is 0.909. The number of ether oxygens (including phenoxy) is 1. The highest BCUT2D eigenvalue weighted by molar-refractivity contribution is 7.92. The minimum Gasteiger partial charge on any atom is -0.497 e. The largest absolute Gasteiger partial charge is 0.497 e. The molecule has 0 aliphatic carbocycles. The summed E-state index contributed by atoms with van der Waals surface area (Å²) in [7, 11) is -2.23. The molecule has 0 unspecified atom stereocenters. The van der Waals surface area contributed by atoms with Crippen molar-refractivity contribution in [2.45, 2.75) is 4.90 Å². The third kappa shape index (κ3) is 4.22. The predicted molar refractivity (Wildman–Crippen MR) is 85.1 cm³/mol. The molecule has 0 bridgehead atoms. The molecule has 7 heteroatoms. The first kappa shape index (κ1) is 16.3. The van der Waals surface area contributed by atoms with Crippen LogP contribution in [0.4, 0.5) is 5.69 Å².